The van der Waals surface area contributed by atoms with Crippen LogP contribution in [0.1, 0.15) is 39.2 Å². The molecule has 0 bridgehead atoms. The molecule has 0 amide bonds. The highest BCUT2D eigenvalue weighted by Gasteiger charge is 2.10. The third-order valence-corrected chi connectivity index (χ3v) is 3.40. The Morgan fingerprint density at radius 3 is 2.36 bits per heavy atom. The number of rotatable bonds is 8. The van der Waals surface area contributed by atoms with Gasteiger partial charge in [0.25, 0.3) is 0 Å². The third kappa shape index (κ3) is 5.25. The first-order chi connectivity index (χ1) is 10.7. The summed E-state index contributed by atoms with van der Waals surface area (Å²) < 4.78 is 5.07. The number of hydrogen-bond acceptors (Lipinski definition) is 4. The van der Waals surface area contributed by atoms with E-state index in [2.05, 4.69) is 18.7 Å². The third-order valence-electron chi connectivity index (χ3n) is 3.40. The minimum atomic E-state index is -0.552. The van der Waals surface area contributed by atoms with Gasteiger partial charge in [0.2, 0.25) is 0 Å². The van der Waals surface area contributed by atoms with Crippen molar-refractivity contribution >= 4 is 17.7 Å². The van der Waals surface area contributed by atoms with Gasteiger partial charge in [-0.05, 0) is 44.0 Å². The standard InChI is InChI=1S/C18H24N2O2/c1-4-7-12-22-18(21)16(14-19)13-15-8-10-17(11-9-15)20(5-2)6-3/h8-11,13H,4-7,12H2,1-3H3/b16-13+. The van der Waals surface area contributed by atoms with Crippen molar-refractivity contribution in [3.63, 3.8) is 0 Å². The summed E-state index contributed by atoms with van der Waals surface area (Å²) in [4.78, 5) is 14.0. The fraction of sp³-hybridized carbons (Fsp3) is 0.444. The molecule has 0 aliphatic carbocycles. The Labute approximate surface area is 133 Å². The van der Waals surface area contributed by atoms with Crippen LogP contribution in [0.15, 0.2) is 29.8 Å². The minimum Gasteiger partial charge on any atom is -0.462 e. The number of carbonyl (C=O) groups excluding carboxylic acids is 1. The molecule has 4 heteroatoms. The van der Waals surface area contributed by atoms with Gasteiger partial charge in [-0.1, -0.05) is 25.5 Å². The van der Waals surface area contributed by atoms with Gasteiger partial charge in [-0.3, -0.25) is 0 Å². The van der Waals surface area contributed by atoms with Crippen molar-refractivity contribution in [1.82, 2.24) is 0 Å². The van der Waals surface area contributed by atoms with Gasteiger partial charge in [0.05, 0.1) is 6.61 Å². The number of unbranched alkanes of at least 4 members (excludes halogenated alkanes) is 1. The van der Waals surface area contributed by atoms with Gasteiger partial charge in [-0.2, -0.15) is 5.26 Å². The van der Waals surface area contributed by atoms with E-state index in [4.69, 9.17) is 10.00 Å². The van der Waals surface area contributed by atoms with E-state index in [1.54, 1.807) is 6.08 Å². The van der Waals surface area contributed by atoms with Crippen LogP contribution in [0.2, 0.25) is 0 Å². The van der Waals surface area contributed by atoms with Crippen molar-refractivity contribution in [3.8, 4) is 6.07 Å². The lowest BCUT2D eigenvalue weighted by molar-refractivity contribution is -0.138. The van der Waals surface area contributed by atoms with Crippen molar-refractivity contribution in [2.45, 2.75) is 33.6 Å². The average Bonchev–Trinajstić information content (AvgIpc) is 2.55. The van der Waals surface area contributed by atoms with Crippen molar-refractivity contribution in [1.29, 1.82) is 5.26 Å². The Hall–Kier alpha value is -2.28. The smallest absolute Gasteiger partial charge is 0.348 e. The molecule has 0 saturated heterocycles. The first-order valence-electron chi connectivity index (χ1n) is 7.80. The molecule has 0 radical (unpaired) electrons. The molecule has 22 heavy (non-hydrogen) atoms. The molecule has 0 saturated carbocycles. The van der Waals surface area contributed by atoms with Crippen molar-refractivity contribution < 1.29 is 9.53 Å². The van der Waals surface area contributed by atoms with E-state index in [9.17, 15) is 4.79 Å². The number of nitrogens with zero attached hydrogens (tertiary/aromatic N) is 2. The van der Waals surface area contributed by atoms with E-state index in [0.717, 1.165) is 37.2 Å². The van der Waals surface area contributed by atoms with Crippen molar-refractivity contribution in [2.75, 3.05) is 24.6 Å². The van der Waals surface area contributed by atoms with Crippen LogP contribution in [0.5, 0.6) is 0 Å². The first kappa shape index (κ1) is 17.8. The van der Waals surface area contributed by atoms with E-state index in [0.29, 0.717) is 6.61 Å². The second kappa shape index (κ2) is 9.62. The zero-order valence-electron chi connectivity index (χ0n) is 13.6. The topological polar surface area (TPSA) is 53.3 Å². The monoisotopic (exact) mass is 300 g/mol. The van der Waals surface area contributed by atoms with E-state index in [1.807, 2.05) is 37.3 Å². The second-order valence-corrected chi connectivity index (χ2v) is 4.92. The van der Waals surface area contributed by atoms with Crippen LogP contribution >= 0.6 is 0 Å². The molecule has 0 spiro atoms. The summed E-state index contributed by atoms with van der Waals surface area (Å²) in [6.07, 6.45) is 3.33. The SMILES string of the molecule is CCCCOC(=O)/C(C#N)=C/c1ccc(N(CC)CC)cc1. The summed E-state index contributed by atoms with van der Waals surface area (Å²) in [5.41, 5.74) is 1.98. The number of nitriles is 1. The molecule has 0 heterocycles. The second-order valence-electron chi connectivity index (χ2n) is 4.92. The molecule has 1 aromatic rings. The largest absolute Gasteiger partial charge is 0.462 e. The normalized spacial score (nSPS) is 10.9. The van der Waals surface area contributed by atoms with Gasteiger partial charge in [-0.15, -0.1) is 0 Å². The zero-order valence-corrected chi connectivity index (χ0v) is 13.6. The van der Waals surface area contributed by atoms with Gasteiger partial charge in [-0.25, -0.2) is 4.79 Å². The predicted octanol–water partition coefficient (Wildman–Crippen LogP) is 3.78. The van der Waals surface area contributed by atoms with Gasteiger partial charge in [0.15, 0.2) is 0 Å². The first-order valence-corrected chi connectivity index (χ1v) is 7.80. The lowest BCUT2D eigenvalue weighted by Crippen LogP contribution is -2.21. The molecule has 1 aromatic carbocycles. The summed E-state index contributed by atoms with van der Waals surface area (Å²) in [6.45, 7) is 8.48. The molecule has 0 atom stereocenters. The Morgan fingerprint density at radius 1 is 1.23 bits per heavy atom. The fourth-order valence-corrected chi connectivity index (χ4v) is 2.06. The molecule has 0 aromatic heterocycles. The van der Waals surface area contributed by atoms with Crippen LogP contribution in [0, 0.1) is 11.3 Å². The minimum absolute atomic E-state index is 0.0340. The Morgan fingerprint density at radius 2 is 1.86 bits per heavy atom. The predicted molar refractivity (Wildman–Crippen MR) is 89.5 cm³/mol. The molecule has 0 fully saturated rings. The molecular weight excluding hydrogens is 276 g/mol. The maximum Gasteiger partial charge on any atom is 0.348 e. The maximum atomic E-state index is 11.8. The molecule has 0 aliphatic rings. The van der Waals surface area contributed by atoms with Crippen LogP contribution in [0.4, 0.5) is 5.69 Å². The van der Waals surface area contributed by atoms with Crippen LogP contribution in [0.25, 0.3) is 6.08 Å². The molecule has 4 nitrogen and oxygen atoms in total. The summed E-state index contributed by atoms with van der Waals surface area (Å²) in [7, 11) is 0. The fourth-order valence-electron chi connectivity index (χ4n) is 2.06. The number of esters is 1. The highest BCUT2D eigenvalue weighted by Crippen LogP contribution is 2.17. The van der Waals surface area contributed by atoms with E-state index >= 15 is 0 Å². The molecule has 0 unspecified atom stereocenters. The molecule has 1 rings (SSSR count). The van der Waals surface area contributed by atoms with Gasteiger partial charge < -0.3 is 9.64 Å². The van der Waals surface area contributed by atoms with Crippen LogP contribution < -0.4 is 4.90 Å². The molecule has 118 valence electrons. The number of hydrogen-bond donors (Lipinski definition) is 0. The zero-order chi connectivity index (χ0) is 16.4. The van der Waals surface area contributed by atoms with E-state index in [1.165, 1.54) is 0 Å². The van der Waals surface area contributed by atoms with Crippen LogP contribution in [0.3, 0.4) is 0 Å². The van der Waals surface area contributed by atoms with Crippen LogP contribution in [-0.2, 0) is 9.53 Å². The highest BCUT2D eigenvalue weighted by molar-refractivity contribution is 5.97. The van der Waals surface area contributed by atoms with Crippen molar-refractivity contribution in [3.05, 3.63) is 35.4 Å². The maximum absolute atomic E-state index is 11.8. The Kier molecular flexibility index (Phi) is 7.77. The van der Waals surface area contributed by atoms with Crippen molar-refractivity contribution in [2.24, 2.45) is 0 Å². The van der Waals surface area contributed by atoms with E-state index in [-0.39, 0.29) is 5.57 Å². The van der Waals surface area contributed by atoms with Gasteiger partial charge >= 0.3 is 5.97 Å². The number of ether oxygens (including phenoxy) is 1. The molecular formula is C18H24N2O2. The van der Waals surface area contributed by atoms with Gasteiger partial charge in [0, 0.05) is 18.8 Å². The lowest BCUT2D eigenvalue weighted by atomic mass is 10.1. The average molecular weight is 300 g/mol. The van der Waals surface area contributed by atoms with Gasteiger partial charge in [0.1, 0.15) is 11.6 Å². The lowest BCUT2D eigenvalue weighted by Gasteiger charge is -2.20. The summed E-state index contributed by atoms with van der Waals surface area (Å²) in [5, 5.41) is 9.11. The summed E-state index contributed by atoms with van der Waals surface area (Å²) in [6, 6.07) is 9.72. The van der Waals surface area contributed by atoms with E-state index < -0.39 is 5.97 Å². The quantitative estimate of drug-likeness (QED) is 0.317. The van der Waals surface area contributed by atoms with Crippen LogP contribution in [-0.4, -0.2) is 25.7 Å². The Bertz CT molecular complexity index is 537. The highest BCUT2D eigenvalue weighted by atomic mass is 16.5. The Balaban J connectivity index is 2.81. The number of anilines is 1. The number of benzene rings is 1. The summed E-state index contributed by atoms with van der Waals surface area (Å²) in [5.74, 6) is -0.552. The summed E-state index contributed by atoms with van der Waals surface area (Å²) >= 11 is 0. The molecule has 0 N–H and O–H groups in total. The number of carbonyl (C=O) groups is 1. The molecule has 0 aliphatic heterocycles.